The van der Waals surface area contributed by atoms with Crippen molar-refractivity contribution in [2.75, 3.05) is 0 Å². The Morgan fingerprint density at radius 1 is 1.00 bits per heavy atom. The van der Waals surface area contributed by atoms with Crippen LogP contribution in [-0.2, 0) is 0 Å². The quantitative estimate of drug-likeness (QED) is 0.337. The zero-order valence-electron chi connectivity index (χ0n) is 5.09. The Kier molecular flexibility index (Phi) is 3.55. The summed E-state index contributed by atoms with van der Waals surface area (Å²) in [5.41, 5.74) is 1.32. The third kappa shape index (κ3) is 2.13. The van der Waals surface area contributed by atoms with Crippen LogP contribution in [0, 0.1) is 0 Å². The van der Waals surface area contributed by atoms with E-state index >= 15 is 0 Å². The standard InChI is InChI=1S/C6H7B.H3P/c7-6-4-2-1-3-5-6;/h1-5H,7H2;1H3. The van der Waals surface area contributed by atoms with Crippen molar-refractivity contribution >= 4 is 23.2 Å². The predicted octanol–water partition coefficient (Wildman–Crippen LogP) is 0.00310. The van der Waals surface area contributed by atoms with Crippen LogP contribution in [0.2, 0.25) is 0 Å². The molecule has 0 nitrogen and oxygen atoms in total. The van der Waals surface area contributed by atoms with Gasteiger partial charge in [0, 0.05) is 0 Å². The molecular formula is C6H10BP. The van der Waals surface area contributed by atoms with E-state index in [2.05, 4.69) is 20.0 Å². The Morgan fingerprint density at radius 3 is 1.75 bits per heavy atom. The monoisotopic (exact) mass is 124 g/mol. The number of benzene rings is 1. The molecule has 0 spiro atoms. The maximum absolute atomic E-state index is 2.08. The van der Waals surface area contributed by atoms with Crippen molar-refractivity contribution in [2.45, 2.75) is 0 Å². The number of hydrogen-bond acceptors (Lipinski definition) is 0. The Morgan fingerprint density at radius 2 is 1.50 bits per heavy atom. The minimum absolute atomic E-state index is 0. The van der Waals surface area contributed by atoms with Crippen molar-refractivity contribution in [2.24, 2.45) is 0 Å². The number of hydrogen-bond donors (Lipinski definition) is 0. The van der Waals surface area contributed by atoms with Crippen molar-refractivity contribution in [3.05, 3.63) is 30.3 Å². The Balaban J connectivity index is 0.000000490. The summed E-state index contributed by atoms with van der Waals surface area (Å²) in [6.07, 6.45) is 0. The van der Waals surface area contributed by atoms with E-state index in [1.165, 1.54) is 5.46 Å². The zero-order chi connectivity index (χ0) is 5.11. The fraction of sp³-hybridized carbons (Fsp3) is 0. The molecule has 1 aromatic carbocycles. The molecule has 1 atom stereocenters. The second-order valence-corrected chi connectivity index (χ2v) is 1.65. The summed E-state index contributed by atoms with van der Waals surface area (Å²) in [7, 11) is 2.08. The summed E-state index contributed by atoms with van der Waals surface area (Å²) < 4.78 is 0. The fourth-order valence-corrected chi connectivity index (χ4v) is 0.534. The molecule has 0 aliphatic carbocycles. The first kappa shape index (κ1) is 7.71. The van der Waals surface area contributed by atoms with E-state index in [1.54, 1.807) is 0 Å². The Labute approximate surface area is 54.3 Å². The molecule has 0 saturated carbocycles. The van der Waals surface area contributed by atoms with Gasteiger partial charge in [0.05, 0.1) is 0 Å². The van der Waals surface area contributed by atoms with Gasteiger partial charge in [-0.3, -0.25) is 0 Å². The summed E-state index contributed by atoms with van der Waals surface area (Å²) in [6, 6.07) is 10.3. The Bertz CT molecular complexity index is 138. The number of rotatable bonds is 0. The second-order valence-electron chi connectivity index (χ2n) is 1.65. The molecule has 0 saturated heterocycles. The van der Waals surface area contributed by atoms with Crippen molar-refractivity contribution in [1.82, 2.24) is 0 Å². The highest BCUT2D eigenvalue weighted by molar-refractivity contribution is 6.92. The lowest BCUT2D eigenvalue weighted by Crippen LogP contribution is -1.97. The first-order chi connectivity index (χ1) is 3.39. The molecule has 2 heteroatoms. The average molecular weight is 124 g/mol. The van der Waals surface area contributed by atoms with Crippen molar-refractivity contribution < 1.29 is 0 Å². The van der Waals surface area contributed by atoms with Crippen molar-refractivity contribution in [3.63, 3.8) is 0 Å². The largest absolute Gasteiger partial charge is 0.153 e. The van der Waals surface area contributed by atoms with Gasteiger partial charge in [0.25, 0.3) is 0 Å². The molecule has 0 bridgehead atoms. The van der Waals surface area contributed by atoms with Gasteiger partial charge >= 0.3 is 0 Å². The first-order valence-corrected chi connectivity index (χ1v) is 2.41. The summed E-state index contributed by atoms with van der Waals surface area (Å²) in [5, 5.41) is 0. The van der Waals surface area contributed by atoms with E-state index in [0.29, 0.717) is 0 Å². The van der Waals surface area contributed by atoms with Crippen molar-refractivity contribution in [3.8, 4) is 0 Å². The van der Waals surface area contributed by atoms with Gasteiger partial charge in [-0.2, -0.15) is 9.90 Å². The van der Waals surface area contributed by atoms with E-state index in [0.717, 1.165) is 0 Å². The van der Waals surface area contributed by atoms with Gasteiger partial charge in [0.1, 0.15) is 7.85 Å². The molecule has 0 N–H and O–H groups in total. The van der Waals surface area contributed by atoms with E-state index in [4.69, 9.17) is 0 Å². The summed E-state index contributed by atoms with van der Waals surface area (Å²) in [4.78, 5) is 0. The van der Waals surface area contributed by atoms with Gasteiger partial charge < -0.3 is 0 Å². The molecule has 0 aliphatic rings. The van der Waals surface area contributed by atoms with Crippen LogP contribution in [0.25, 0.3) is 0 Å². The first-order valence-electron chi connectivity index (χ1n) is 2.41. The van der Waals surface area contributed by atoms with Gasteiger partial charge in [-0.1, -0.05) is 35.8 Å². The van der Waals surface area contributed by atoms with Crippen molar-refractivity contribution in [1.29, 1.82) is 0 Å². The van der Waals surface area contributed by atoms with Gasteiger partial charge in [0.2, 0.25) is 0 Å². The molecule has 0 aromatic heterocycles. The molecule has 1 aromatic rings. The third-order valence-corrected chi connectivity index (χ3v) is 0.940. The SMILES string of the molecule is Bc1ccccc1.P. The summed E-state index contributed by atoms with van der Waals surface area (Å²) in [6.45, 7) is 0. The molecule has 1 rings (SSSR count). The molecule has 1 unspecified atom stereocenters. The molecule has 0 fully saturated rings. The Hall–Kier alpha value is -0.285. The lowest BCUT2D eigenvalue weighted by molar-refractivity contribution is 1.78. The van der Waals surface area contributed by atoms with E-state index in [-0.39, 0.29) is 9.90 Å². The normalized spacial score (nSPS) is 7.50. The minimum Gasteiger partial charge on any atom is -0.153 e. The van der Waals surface area contributed by atoms with E-state index < -0.39 is 0 Å². The molecule has 0 heterocycles. The van der Waals surface area contributed by atoms with Gasteiger partial charge in [-0.15, -0.1) is 0 Å². The van der Waals surface area contributed by atoms with Crippen LogP contribution in [0.3, 0.4) is 0 Å². The van der Waals surface area contributed by atoms with Crippen LogP contribution < -0.4 is 5.46 Å². The van der Waals surface area contributed by atoms with Crippen LogP contribution in [0.5, 0.6) is 0 Å². The smallest absolute Gasteiger partial charge is 0.139 e. The molecule has 42 valence electrons. The van der Waals surface area contributed by atoms with Crippen LogP contribution >= 0.6 is 9.90 Å². The fourth-order valence-electron chi connectivity index (χ4n) is 0.534. The summed E-state index contributed by atoms with van der Waals surface area (Å²) in [5.74, 6) is 0. The van der Waals surface area contributed by atoms with E-state index in [9.17, 15) is 0 Å². The third-order valence-electron chi connectivity index (χ3n) is 0.940. The summed E-state index contributed by atoms with van der Waals surface area (Å²) >= 11 is 0. The average Bonchev–Trinajstić information content (AvgIpc) is 1.69. The van der Waals surface area contributed by atoms with E-state index in [1.807, 2.05) is 18.2 Å². The van der Waals surface area contributed by atoms with Gasteiger partial charge in [0.15, 0.2) is 0 Å². The van der Waals surface area contributed by atoms with Crippen LogP contribution in [-0.4, -0.2) is 7.85 Å². The molecule has 0 radical (unpaired) electrons. The zero-order valence-corrected chi connectivity index (χ0v) is 6.51. The highest BCUT2D eigenvalue weighted by Gasteiger charge is 1.72. The second kappa shape index (κ2) is 3.68. The maximum Gasteiger partial charge on any atom is 0.139 e. The lowest BCUT2D eigenvalue weighted by atomic mass is 9.97. The van der Waals surface area contributed by atoms with Crippen LogP contribution in [0.1, 0.15) is 0 Å². The molecule has 0 aliphatic heterocycles. The topological polar surface area (TPSA) is 0 Å². The van der Waals surface area contributed by atoms with Gasteiger partial charge in [-0.05, 0) is 0 Å². The highest BCUT2D eigenvalue weighted by Crippen LogP contribution is 1.76. The van der Waals surface area contributed by atoms with Crippen LogP contribution in [0.15, 0.2) is 30.3 Å². The molecular weight excluding hydrogens is 114 g/mol. The molecule has 8 heavy (non-hydrogen) atoms. The predicted molar refractivity (Wildman–Crippen MR) is 45.7 cm³/mol. The molecule has 0 amide bonds. The van der Waals surface area contributed by atoms with Crippen LogP contribution in [0.4, 0.5) is 0 Å². The minimum atomic E-state index is 0. The highest BCUT2D eigenvalue weighted by atomic mass is 31.0. The maximum atomic E-state index is 2.08. The van der Waals surface area contributed by atoms with Gasteiger partial charge in [-0.25, -0.2) is 0 Å². The lowest BCUT2D eigenvalue weighted by Gasteiger charge is -1.82.